The van der Waals surface area contributed by atoms with Crippen LogP contribution in [-0.4, -0.2) is 54.5 Å². The van der Waals surface area contributed by atoms with E-state index in [4.69, 9.17) is 10.5 Å². The summed E-state index contributed by atoms with van der Waals surface area (Å²) in [6, 6.07) is 9.22. The summed E-state index contributed by atoms with van der Waals surface area (Å²) >= 11 is 0. The number of ether oxygens (including phenoxy) is 1. The van der Waals surface area contributed by atoms with Gasteiger partial charge in [-0.2, -0.15) is 13.2 Å². The summed E-state index contributed by atoms with van der Waals surface area (Å²) in [5, 5.41) is 0. The molecule has 184 valence electrons. The molecule has 0 radical (unpaired) electrons. The van der Waals surface area contributed by atoms with Crippen LogP contribution in [0.2, 0.25) is 0 Å². The Hall–Kier alpha value is -2.58. The summed E-state index contributed by atoms with van der Waals surface area (Å²) in [5.41, 5.74) is 8.78. The number of amides is 1. The molecule has 8 heteroatoms. The highest BCUT2D eigenvalue weighted by molar-refractivity contribution is 5.94. The maximum atomic E-state index is 13.0. The van der Waals surface area contributed by atoms with Crippen molar-refractivity contribution in [3.8, 4) is 5.75 Å². The molecule has 2 heterocycles. The van der Waals surface area contributed by atoms with Crippen LogP contribution in [0.5, 0.6) is 5.75 Å². The average Bonchev–Trinajstić information content (AvgIpc) is 2.83. The number of carbonyl (C=O) groups is 1. The average molecular weight is 476 g/mol. The van der Waals surface area contributed by atoms with E-state index in [1.165, 1.54) is 23.3 Å². The van der Waals surface area contributed by atoms with Crippen molar-refractivity contribution in [1.82, 2.24) is 9.80 Å². The minimum absolute atomic E-state index is 0.205. The van der Waals surface area contributed by atoms with E-state index in [1.807, 2.05) is 6.07 Å². The van der Waals surface area contributed by atoms with Crippen molar-refractivity contribution in [2.24, 2.45) is 5.73 Å². The molecule has 2 N–H and O–H groups in total. The number of piperidine rings is 1. The van der Waals surface area contributed by atoms with Gasteiger partial charge < -0.3 is 15.4 Å². The minimum Gasteiger partial charge on any atom is -0.492 e. The van der Waals surface area contributed by atoms with Crippen molar-refractivity contribution < 1.29 is 22.7 Å². The third-order valence-electron chi connectivity index (χ3n) is 7.20. The van der Waals surface area contributed by atoms with Crippen LogP contribution in [0.3, 0.4) is 0 Å². The number of hydrogen-bond donors (Lipinski definition) is 1. The van der Waals surface area contributed by atoms with Crippen molar-refractivity contribution >= 4 is 5.91 Å². The number of alkyl halides is 3. The monoisotopic (exact) mass is 475 g/mol. The molecule has 1 amide bonds. The molecule has 0 spiro atoms. The molecular formula is C26H32F3N3O2. The molecule has 2 saturated heterocycles. The molecule has 2 atom stereocenters. The van der Waals surface area contributed by atoms with Crippen LogP contribution in [0.25, 0.3) is 0 Å². The molecule has 0 aliphatic carbocycles. The second-order valence-electron chi connectivity index (χ2n) is 9.20. The summed E-state index contributed by atoms with van der Waals surface area (Å²) in [4.78, 5) is 17.3. The molecule has 4 rings (SSSR count). The van der Waals surface area contributed by atoms with E-state index in [1.54, 1.807) is 4.90 Å². The lowest BCUT2D eigenvalue weighted by Crippen LogP contribution is -2.57. The first-order valence-electron chi connectivity index (χ1n) is 11.9. The molecule has 1 unspecified atom stereocenters. The molecule has 2 aromatic carbocycles. The molecule has 0 saturated carbocycles. The predicted molar refractivity (Wildman–Crippen MR) is 125 cm³/mol. The zero-order chi connectivity index (χ0) is 24.5. The first kappa shape index (κ1) is 24.5. The van der Waals surface area contributed by atoms with Crippen molar-refractivity contribution in [2.75, 3.05) is 32.8 Å². The summed E-state index contributed by atoms with van der Waals surface area (Å²) in [7, 11) is 0. The second-order valence-corrected chi connectivity index (χ2v) is 9.20. The highest BCUT2D eigenvalue weighted by Crippen LogP contribution is 2.39. The van der Waals surface area contributed by atoms with Crippen LogP contribution in [-0.2, 0) is 6.18 Å². The van der Waals surface area contributed by atoms with E-state index >= 15 is 0 Å². The topological polar surface area (TPSA) is 58.8 Å². The van der Waals surface area contributed by atoms with Crippen molar-refractivity contribution in [3.63, 3.8) is 0 Å². The van der Waals surface area contributed by atoms with Crippen LogP contribution < -0.4 is 10.5 Å². The minimum atomic E-state index is -4.41. The fourth-order valence-electron chi connectivity index (χ4n) is 5.26. The normalized spacial score (nSPS) is 21.3. The molecule has 2 aliphatic rings. The first-order chi connectivity index (χ1) is 16.2. The fraction of sp³-hybridized carbons (Fsp3) is 0.500. The number of carbonyl (C=O) groups excluding carboxylic acids is 1. The van der Waals surface area contributed by atoms with E-state index in [0.29, 0.717) is 31.8 Å². The maximum Gasteiger partial charge on any atom is 0.416 e. The molecule has 2 aliphatic heterocycles. The van der Waals surface area contributed by atoms with Gasteiger partial charge in [-0.1, -0.05) is 6.07 Å². The predicted octanol–water partition coefficient (Wildman–Crippen LogP) is 4.71. The molecule has 0 aromatic heterocycles. The number of nitrogens with two attached hydrogens (primary N) is 1. The van der Waals surface area contributed by atoms with Crippen molar-refractivity contribution in [1.29, 1.82) is 0 Å². The van der Waals surface area contributed by atoms with Gasteiger partial charge in [0.05, 0.1) is 5.56 Å². The number of halogens is 3. The Morgan fingerprint density at radius 3 is 2.47 bits per heavy atom. The molecule has 0 bridgehead atoms. The third kappa shape index (κ3) is 4.93. The van der Waals surface area contributed by atoms with E-state index in [0.717, 1.165) is 49.3 Å². The Morgan fingerprint density at radius 2 is 1.79 bits per heavy atom. The number of nitrogens with zero attached hydrogens (tertiary/aromatic N) is 2. The number of fused-ring (bicyclic) bond motifs is 1. The van der Waals surface area contributed by atoms with E-state index in [2.05, 4.69) is 24.8 Å². The quantitative estimate of drug-likeness (QED) is 0.681. The largest absolute Gasteiger partial charge is 0.492 e. The van der Waals surface area contributed by atoms with Gasteiger partial charge in [0.15, 0.2) is 0 Å². The van der Waals surface area contributed by atoms with Gasteiger partial charge in [-0.15, -0.1) is 0 Å². The lowest BCUT2D eigenvalue weighted by atomic mass is 9.86. The first-order valence-corrected chi connectivity index (χ1v) is 11.9. The number of hydrogen-bond acceptors (Lipinski definition) is 4. The lowest BCUT2D eigenvalue weighted by molar-refractivity contribution is -0.137. The molecular weight excluding hydrogens is 443 g/mol. The second kappa shape index (κ2) is 9.96. The van der Waals surface area contributed by atoms with E-state index in [9.17, 15) is 18.0 Å². The third-order valence-corrected chi connectivity index (χ3v) is 7.20. The Morgan fingerprint density at radius 1 is 1.06 bits per heavy atom. The maximum absolute atomic E-state index is 13.0. The highest BCUT2D eigenvalue weighted by Gasteiger charge is 2.38. The summed E-state index contributed by atoms with van der Waals surface area (Å²) in [6.45, 7) is 7.06. The molecule has 2 fully saturated rings. The summed E-state index contributed by atoms with van der Waals surface area (Å²) in [5.74, 6) is 0.662. The SMILES string of the molecule is Cc1c(OCCN)ccc(C2CCC[C@H]3CN(C(=O)c4ccc(C(F)(F)F)cc4)CCN23)c1C. The van der Waals surface area contributed by atoms with Gasteiger partial charge in [0.1, 0.15) is 12.4 Å². The van der Waals surface area contributed by atoms with E-state index in [-0.39, 0.29) is 18.0 Å². The Balaban J connectivity index is 1.47. The zero-order valence-electron chi connectivity index (χ0n) is 19.7. The van der Waals surface area contributed by atoms with Crippen LogP contribution in [0.1, 0.15) is 57.9 Å². The van der Waals surface area contributed by atoms with Gasteiger partial charge in [0.25, 0.3) is 5.91 Å². The van der Waals surface area contributed by atoms with Crippen LogP contribution in [0.4, 0.5) is 13.2 Å². The smallest absolute Gasteiger partial charge is 0.416 e. The summed E-state index contributed by atoms with van der Waals surface area (Å²) < 4.78 is 44.3. The van der Waals surface area contributed by atoms with Gasteiger partial charge >= 0.3 is 6.18 Å². The molecule has 34 heavy (non-hydrogen) atoms. The molecule has 2 aromatic rings. The Labute approximate surface area is 198 Å². The zero-order valence-corrected chi connectivity index (χ0v) is 19.7. The highest BCUT2D eigenvalue weighted by atomic mass is 19.4. The summed E-state index contributed by atoms with van der Waals surface area (Å²) in [6.07, 6.45) is -1.27. The van der Waals surface area contributed by atoms with E-state index < -0.39 is 11.7 Å². The Bertz CT molecular complexity index is 1020. The van der Waals surface area contributed by atoms with Gasteiger partial charge in [-0.3, -0.25) is 9.69 Å². The standard InChI is InChI=1S/C26H32F3N3O2/c1-17-18(2)24(34-15-12-30)11-10-22(17)23-5-3-4-21-16-31(13-14-32(21)23)25(33)19-6-8-20(9-7-19)26(27,28)29/h6-11,21,23H,3-5,12-16,30H2,1-2H3/t21-,23?/m0/s1. The Kier molecular flexibility index (Phi) is 7.19. The lowest BCUT2D eigenvalue weighted by Gasteiger charge is -2.49. The van der Waals surface area contributed by atoms with Gasteiger partial charge in [0.2, 0.25) is 0 Å². The van der Waals surface area contributed by atoms with Crippen LogP contribution >= 0.6 is 0 Å². The number of benzene rings is 2. The number of piperazine rings is 1. The van der Waals surface area contributed by atoms with Gasteiger partial charge in [-0.05, 0) is 80.1 Å². The number of rotatable bonds is 5. The van der Waals surface area contributed by atoms with Crippen molar-refractivity contribution in [2.45, 2.75) is 51.4 Å². The molecule has 5 nitrogen and oxygen atoms in total. The van der Waals surface area contributed by atoms with Gasteiger partial charge in [0, 0.05) is 43.8 Å². The van der Waals surface area contributed by atoms with Gasteiger partial charge in [-0.25, -0.2) is 0 Å². The fourth-order valence-corrected chi connectivity index (χ4v) is 5.26. The van der Waals surface area contributed by atoms with Crippen LogP contribution in [0.15, 0.2) is 36.4 Å². The van der Waals surface area contributed by atoms with Crippen LogP contribution in [0, 0.1) is 13.8 Å². The van der Waals surface area contributed by atoms with Crippen molar-refractivity contribution in [3.05, 3.63) is 64.2 Å².